The average Bonchev–Trinajstić information content (AvgIpc) is 3.01. The predicted octanol–water partition coefficient (Wildman–Crippen LogP) is 3.18. The number of nitrogens with one attached hydrogen (secondary N) is 2. The number of benzene rings is 2. The van der Waals surface area contributed by atoms with Crippen LogP contribution in [0.15, 0.2) is 71.4 Å². The first-order valence-corrected chi connectivity index (χ1v) is 8.10. The monoisotopic (exact) mass is 344 g/mol. The topological polar surface area (TPSA) is 75.6 Å². The van der Waals surface area contributed by atoms with E-state index in [4.69, 9.17) is 4.74 Å². The predicted molar refractivity (Wildman–Crippen MR) is 102 cm³/mol. The van der Waals surface area contributed by atoms with Crippen molar-refractivity contribution >= 4 is 34.5 Å². The van der Waals surface area contributed by atoms with Crippen molar-refractivity contribution < 1.29 is 9.53 Å². The van der Waals surface area contributed by atoms with Crippen molar-refractivity contribution in [2.24, 2.45) is 4.99 Å². The number of nitrogens with zero attached hydrogens (tertiary/aromatic N) is 2. The maximum absolute atomic E-state index is 12.2. The molecule has 0 aliphatic carbocycles. The van der Waals surface area contributed by atoms with Crippen molar-refractivity contribution in [1.29, 1.82) is 0 Å². The van der Waals surface area contributed by atoms with E-state index in [-0.39, 0.29) is 5.91 Å². The third-order valence-corrected chi connectivity index (χ3v) is 3.94. The van der Waals surface area contributed by atoms with Gasteiger partial charge in [-0.05, 0) is 30.3 Å². The first-order valence-electron chi connectivity index (χ1n) is 8.10. The summed E-state index contributed by atoms with van der Waals surface area (Å²) < 4.78 is 5.36. The second-order valence-corrected chi connectivity index (χ2v) is 5.70. The van der Waals surface area contributed by atoms with Gasteiger partial charge in [0, 0.05) is 11.1 Å². The van der Waals surface area contributed by atoms with Crippen LogP contribution in [0.25, 0.3) is 17.0 Å². The Hall–Kier alpha value is -3.67. The van der Waals surface area contributed by atoms with Crippen molar-refractivity contribution in [2.45, 2.75) is 0 Å². The van der Waals surface area contributed by atoms with Crippen LogP contribution in [0.1, 0.15) is 5.69 Å². The highest BCUT2D eigenvalue weighted by atomic mass is 16.5. The minimum absolute atomic E-state index is 0.273. The molecular weight excluding hydrogens is 328 g/mol. The van der Waals surface area contributed by atoms with Crippen molar-refractivity contribution in [3.63, 3.8) is 0 Å². The molecule has 4 rings (SSSR count). The Morgan fingerprint density at radius 2 is 1.88 bits per heavy atom. The molecule has 0 radical (unpaired) electrons. The fourth-order valence-electron chi connectivity index (χ4n) is 2.71. The summed E-state index contributed by atoms with van der Waals surface area (Å²) in [5.74, 6) is 0.810. The number of methoxy groups -OCH3 is 1. The van der Waals surface area contributed by atoms with Crippen molar-refractivity contribution in [3.05, 3.63) is 72.1 Å². The van der Waals surface area contributed by atoms with Crippen LogP contribution in [0.3, 0.4) is 0 Å². The van der Waals surface area contributed by atoms with Crippen LogP contribution in [0, 0.1) is 0 Å². The number of carbonyl (C=O) groups excluding carboxylic acids is 1. The molecule has 0 saturated heterocycles. The molecule has 2 N–H and O–H groups in total. The van der Waals surface area contributed by atoms with Crippen molar-refractivity contribution in [3.8, 4) is 5.75 Å². The summed E-state index contributed by atoms with van der Waals surface area (Å²) in [6.07, 6.45) is 1.65. The molecule has 0 atom stereocenters. The summed E-state index contributed by atoms with van der Waals surface area (Å²) in [6.45, 7) is 0. The van der Waals surface area contributed by atoms with Gasteiger partial charge in [0.2, 0.25) is 5.96 Å². The fourth-order valence-corrected chi connectivity index (χ4v) is 2.71. The zero-order valence-electron chi connectivity index (χ0n) is 14.1. The standard InChI is InChI=1S/C20H16N4O2/c1-26-17-9-5-6-13-10-11-15(21-18(13)17)12-16-19(25)24-20(23-16)22-14-7-3-2-4-8-14/h2-12H,1H3,(H2,22,23,24,25)/b16-12-. The van der Waals surface area contributed by atoms with E-state index < -0.39 is 0 Å². The number of para-hydroxylation sites is 2. The fraction of sp³-hybridized carbons (Fsp3) is 0.0500. The number of amides is 1. The molecule has 2 heterocycles. The smallest absolute Gasteiger partial charge is 0.276 e. The molecule has 128 valence electrons. The zero-order valence-corrected chi connectivity index (χ0v) is 14.1. The molecule has 0 bridgehead atoms. The van der Waals surface area contributed by atoms with Crippen molar-refractivity contribution in [2.75, 3.05) is 12.4 Å². The summed E-state index contributed by atoms with van der Waals surface area (Å²) in [6, 6.07) is 19.0. The van der Waals surface area contributed by atoms with Gasteiger partial charge in [0.25, 0.3) is 5.91 Å². The molecule has 6 nitrogen and oxygen atoms in total. The summed E-state index contributed by atoms with van der Waals surface area (Å²) in [4.78, 5) is 21.1. The van der Waals surface area contributed by atoms with Gasteiger partial charge in [-0.3, -0.25) is 10.1 Å². The first kappa shape index (κ1) is 15.8. The Morgan fingerprint density at radius 1 is 1.04 bits per heavy atom. The lowest BCUT2D eigenvalue weighted by molar-refractivity contribution is -0.115. The van der Waals surface area contributed by atoms with E-state index in [0.717, 1.165) is 16.6 Å². The lowest BCUT2D eigenvalue weighted by Crippen LogP contribution is -2.29. The number of ether oxygens (including phenoxy) is 1. The van der Waals surface area contributed by atoms with Gasteiger partial charge in [-0.15, -0.1) is 0 Å². The molecule has 0 fully saturated rings. The van der Waals surface area contributed by atoms with E-state index in [1.165, 1.54) is 0 Å². The number of hydrogen-bond donors (Lipinski definition) is 2. The number of carbonyl (C=O) groups is 1. The van der Waals surface area contributed by atoms with Gasteiger partial charge < -0.3 is 10.1 Å². The SMILES string of the molecule is COc1cccc2ccc(/C=C3\N=C(Nc4ccccc4)NC3=O)nc12. The van der Waals surface area contributed by atoms with Crippen LogP contribution in [0.5, 0.6) is 5.75 Å². The summed E-state index contributed by atoms with van der Waals surface area (Å²) in [5.41, 5.74) is 2.53. The molecule has 0 spiro atoms. The molecule has 1 aromatic heterocycles. The number of guanidine groups is 1. The second-order valence-electron chi connectivity index (χ2n) is 5.70. The number of aliphatic imine (C=N–C) groups is 1. The quantitative estimate of drug-likeness (QED) is 0.716. The Labute approximate surface area is 150 Å². The van der Waals surface area contributed by atoms with E-state index in [1.54, 1.807) is 13.2 Å². The van der Waals surface area contributed by atoms with Gasteiger partial charge in [-0.25, -0.2) is 9.98 Å². The minimum Gasteiger partial charge on any atom is -0.494 e. The van der Waals surface area contributed by atoms with Crippen molar-refractivity contribution in [1.82, 2.24) is 10.3 Å². The Bertz CT molecular complexity index is 1040. The number of hydrogen-bond acceptors (Lipinski definition) is 5. The van der Waals surface area contributed by atoms with Crippen LogP contribution < -0.4 is 15.4 Å². The summed E-state index contributed by atoms with van der Waals surface area (Å²) in [5, 5.41) is 6.75. The molecular formula is C20H16N4O2. The van der Waals surface area contributed by atoms with Crippen LogP contribution in [-0.2, 0) is 4.79 Å². The second kappa shape index (κ2) is 6.68. The van der Waals surface area contributed by atoms with E-state index in [1.807, 2.05) is 60.7 Å². The maximum atomic E-state index is 12.2. The largest absolute Gasteiger partial charge is 0.494 e. The Kier molecular flexibility index (Phi) is 4.07. The molecule has 0 unspecified atom stereocenters. The lowest BCUT2D eigenvalue weighted by atomic mass is 10.2. The van der Waals surface area contributed by atoms with Gasteiger partial charge in [-0.2, -0.15) is 0 Å². The van der Waals surface area contributed by atoms with Gasteiger partial charge >= 0.3 is 0 Å². The highest BCUT2D eigenvalue weighted by Gasteiger charge is 2.20. The molecule has 0 saturated carbocycles. The number of fused-ring (bicyclic) bond motifs is 1. The molecule has 1 aliphatic heterocycles. The lowest BCUT2D eigenvalue weighted by Gasteiger charge is -2.05. The van der Waals surface area contributed by atoms with Gasteiger partial charge in [0.1, 0.15) is 17.0 Å². The normalized spacial score (nSPS) is 15.0. The van der Waals surface area contributed by atoms with Gasteiger partial charge in [0.05, 0.1) is 12.8 Å². The maximum Gasteiger partial charge on any atom is 0.276 e. The molecule has 1 aliphatic rings. The average molecular weight is 344 g/mol. The van der Waals surface area contributed by atoms with Crippen LogP contribution >= 0.6 is 0 Å². The third-order valence-electron chi connectivity index (χ3n) is 3.94. The third kappa shape index (κ3) is 3.12. The van der Waals surface area contributed by atoms with Crippen LogP contribution in [0.2, 0.25) is 0 Å². The number of rotatable bonds is 3. The molecule has 2 aromatic carbocycles. The number of aromatic nitrogens is 1. The van der Waals surface area contributed by atoms with Crippen LogP contribution in [-0.4, -0.2) is 24.0 Å². The van der Waals surface area contributed by atoms with E-state index in [2.05, 4.69) is 20.6 Å². The first-order chi connectivity index (χ1) is 12.7. The summed E-state index contributed by atoms with van der Waals surface area (Å²) in [7, 11) is 1.61. The van der Waals surface area contributed by atoms with Gasteiger partial charge in [0.15, 0.2) is 0 Å². The molecule has 6 heteroatoms. The zero-order chi connectivity index (χ0) is 17.9. The minimum atomic E-state index is -0.273. The Morgan fingerprint density at radius 3 is 2.69 bits per heavy atom. The van der Waals surface area contributed by atoms with E-state index >= 15 is 0 Å². The van der Waals surface area contributed by atoms with E-state index in [9.17, 15) is 4.79 Å². The highest BCUT2D eigenvalue weighted by Crippen LogP contribution is 2.24. The van der Waals surface area contributed by atoms with Crippen LogP contribution in [0.4, 0.5) is 5.69 Å². The highest BCUT2D eigenvalue weighted by molar-refractivity contribution is 6.17. The molecule has 1 amide bonds. The number of anilines is 1. The Balaban J connectivity index is 1.65. The van der Waals surface area contributed by atoms with Gasteiger partial charge in [-0.1, -0.05) is 36.4 Å². The van der Waals surface area contributed by atoms with E-state index in [0.29, 0.717) is 23.1 Å². The molecule has 26 heavy (non-hydrogen) atoms. The number of pyridine rings is 1. The molecule has 3 aromatic rings. The summed E-state index contributed by atoms with van der Waals surface area (Å²) >= 11 is 0.